The molecule has 0 saturated heterocycles. The molecule has 3 nitrogen and oxygen atoms in total. The van der Waals surface area contributed by atoms with Crippen LogP contribution in [0.5, 0.6) is 0 Å². The summed E-state index contributed by atoms with van der Waals surface area (Å²) < 4.78 is 37.7. The molecule has 0 heterocycles. The van der Waals surface area contributed by atoms with Crippen molar-refractivity contribution >= 4 is 29.0 Å². The van der Waals surface area contributed by atoms with Crippen LogP contribution >= 0.6 is 23.2 Å². The largest absolute Gasteiger partial charge is 0.417 e. The van der Waals surface area contributed by atoms with Crippen LogP contribution < -0.4 is 5.73 Å². The topological polar surface area (TPSA) is 58.6 Å². The summed E-state index contributed by atoms with van der Waals surface area (Å²) in [5.74, 6) is -0.750. The van der Waals surface area contributed by atoms with Gasteiger partial charge in [-0.25, -0.2) is 0 Å². The van der Waals surface area contributed by atoms with Crippen LogP contribution in [0.3, 0.4) is 0 Å². The van der Waals surface area contributed by atoms with E-state index in [4.69, 9.17) is 34.1 Å². The summed E-state index contributed by atoms with van der Waals surface area (Å²) in [6, 6.07) is 1.70. The minimum absolute atomic E-state index is 0.115. The van der Waals surface area contributed by atoms with Crippen molar-refractivity contribution < 1.29 is 18.4 Å². The van der Waals surface area contributed by atoms with Gasteiger partial charge in [-0.2, -0.15) is 13.2 Å². The first-order valence-electron chi connectivity index (χ1n) is 3.82. The van der Waals surface area contributed by atoms with E-state index in [0.717, 1.165) is 6.07 Å². The maximum absolute atomic E-state index is 12.6. The molecule has 0 fully saturated rings. The van der Waals surface area contributed by atoms with E-state index in [-0.39, 0.29) is 5.02 Å². The van der Waals surface area contributed by atoms with E-state index >= 15 is 0 Å². The van der Waals surface area contributed by atoms with Crippen LogP contribution in [0, 0.1) is 0 Å². The number of hydrogen-bond donors (Lipinski definition) is 2. The van der Waals surface area contributed by atoms with E-state index in [1.807, 2.05) is 0 Å². The van der Waals surface area contributed by atoms with Crippen LogP contribution in [0.1, 0.15) is 11.1 Å². The van der Waals surface area contributed by atoms with Crippen LogP contribution in [-0.4, -0.2) is 11.0 Å². The normalized spacial score (nSPS) is 12.9. The van der Waals surface area contributed by atoms with Gasteiger partial charge in [0.25, 0.3) is 0 Å². The van der Waals surface area contributed by atoms with E-state index in [1.165, 1.54) is 0 Å². The fraction of sp³-hybridized carbons (Fsp3) is 0.125. The molecule has 0 aliphatic heterocycles. The zero-order chi connectivity index (χ0) is 12.5. The Bertz CT molecular complexity index is 446. The van der Waals surface area contributed by atoms with E-state index < -0.39 is 28.2 Å². The second kappa shape index (κ2) is 4.39. The smallest absolute Gasteiger partial charge is 0.409 e. The highest BCUT2D eigenvalue weighted by Crippen LogP contribution is 2.37. The molecule has 8 heteroatoms. The predicted octanol–water partition coefficient (Wildman–Crippen LogP) is 3.11. The van der Waals surface area contributed by atoms with Gasteiger partial charge in [0.2, 0.25) is 0 Å². The molecule has 88 valence electrons. The number of amidine groups is 1. The first kappa shape index (κ1) is 12.9. The maximum Gasteiger partial charge on any atom is 0.417 e. The standard InChI is InChI=1S/C8H5Cl2F3N2O/c9-4-2-1-3(8(11,12)13)5(6(4)10)7(14)15-16/h1-2,16H,(H2,14,15). The van der Waals surface area contributed by atoms with Gasteiger partial charge in [-0.15, -0.1) is 0 Å². The lowest BCUT2D eigenvalue weighted by Gasteiger charge is -2.13. The van der Waals surface area contributed by atoms with E-state index in [9.17, 15) is 13.2 Å². The number of benzene rings is 1. The maximum atomic E-state index is 12.6. The van der Waals surface area contributed by atoms with Gasteiger partial charge in [-0.1, -0.05) is 28.4 Å². The van der Waals surface area contributed by atoms with Crippen molar-refractivity contribution in [2.24, 2.45) is 10.9 Å². The molecular weight excluding hydrogens is 268 g/mol. The third-order valence-electron chi connectivity index (χ3n) is 1.76. The van der Waals surface area contributed by atoms with Gasteiger partial charge < -0.3 is 10.9 Å². The Kier molecular flexibility index (Phi) is 3.54. The van der Waals surface area contributed by atoms with Crippen LogP contribution in [0.4, 0.5) is 13.2 Å². The number of alkyl halides is 3. The fourth-order valence-electron chi connectivity index (χ4n) is 1.09. The van der Waals surface area contributed by atoms with Crippen LogP contribution in [0.15, 0.2) is 17.3 Å². The summed E-state index contributed by atoms with van der Waals surface area (Å²) in [5, 5.41) is 10.3. The molecule has 0 atom stereocenters. The highest BCUT2D eigenvalue weighted by molar-refractivity contribution is 6.44. The molecule has 16 heavy (non-hydrogen) atoms. The van der Waals surface area contributed by atoms with Gasteiger partial charge in [0.1, 0.15) is 0 Å². The zero-order valence-electron chi connectivity index (χ0n) is 7.52. The van der Waals surface area contributed by atoms with Crippen LogP contribution in [0.2, 0.25) is 10.0 Å². The molecule has 1 aromatic carbocycles. The molecule has 0 unspecified atom stereocenters. The average molecular weight is 273 g/mol. The quantitative estimate of drug-likeness (QED) is 0.357. The lowest BCUT2D eigenvalue weighted by Crippen LogP contribution is -2.20. The highest BCUT2D eigenvalue weighted by Gasteiger charge is 2.36. The third-order valence-corrected chi connectivity index (χ3v) is 2.57. The molecule has 0 aliphatic carbocycles. The van der Waals surface area contributed by atoms with Gasteiger partial charge in [-0.3, -0.25) is 0 Å². The summed E-state index contributed by atoms with van der Waals surface area (Å²) in [7, 11) is 0. The average Bonchev–Trinajstić information content (AvgIpc) is 2.19. The Morgan fingerprint density at radius 2 is 1.88 bits per heavy atom. The minimum atomic E-state index is -4.67. The lowest BCUT2D eigenvalue weighted by molar-refractivity contribution is -0.137. The predicted molar refractivity (Wildman–Crippen MR) is 54.0 cm³/mol. The molecule has 0 amide bonds. The summed E-state index contributed by atoms with van der Waals surface area (Å²) in [6.45, 7) is 0. The van der Waals surface area contributed by atoms with E-state index in [1.54, 1.807) is 0 Å². The molecule has 0 saturated carbocycles. The Balaban J connectivity index is 3.58. The van der Waals surface area contributed by atoms with E-state index in [2.05, 4.69) is 5.16 Å². The van der Waals surface area contributed by atoms with Crippen LogP contribution in [0.25, 0.3) is 0 Å². The van der Waals surface area contributed by atoms with Crippen molar-refractivity contribution in [3.05, 3.63) is 33.3 Å². The summed E-state index contributed by atoms with van der Waals surface area (Å²) in [5.41, 5.74) is 3.37. The Morgan fingerprint density at radius 3 is 2.31 bits per heavy atom. The van der Waals surface area contributed by atoms with Gasteiger partial charge in [0.05, 0.1) is 21.2 Å². The number of oxime groups is 1. The number of halogens is 5. The zero-order valence-corrected chi connectivity index (χ0v) is 9.03. The van der Waals surface area contributed by atoms with Crippen LogP contribution in [-0.2, 0) is 6.18 Å². The molecule has 0 radical (unpaired) electrons. The number of hydrogen-bond acceptors (Lipinski definition) is 2. The lowest BCUT2D eigenvalue weighted by atomic mass is 10.1. The first-order valence-corrected chi connectivity index (χ1v) is 4.57. The molecule has 0 aliphatic rings. The van der Waals surface area contributed by atoms with Crippen molar-refractivity contribution in [1.82, 2.24) is 0 Å². The Labute approximate surface area is 98.2 Å². The number of nitrogens with zero attached hydrogens (tertiary/aromatic N) is 1. The molecule has 0 bridgehead atoms. The molecule has 0 spiro atoms. The number of nitrogens with two attached hydrogens (primary N) is 1. The van der Waals surface area contributed by atoms with Crippen molar-refractivity contribution in [1.29, 1.82) is 0 Å². The van der Waals surface area contributed by atoms with Crippen molar-refractivity contribution in [3.63, 3.8) is 0 Å². The molecule has 0 aromatic heterocycles. The molecular formula is C8H5Cl2F3N2O. The van der Waals surface area contributed by atoms with Gasteiger partial charge in [0, 0.05) is 0 Å². The van der Waals surface area contributed by atoms with Gasteiger partial charge in [0.15, 0.2) is 5.84 Å². The third kappa shape index (κ3) is 2.33. The fourth-order valence-corrected chi connectivity index (χ4v) is 1.51. The number of rotatable bonds is 1. The summed E-state index contributed by atoms with van der Waals surface area (Å²) in [4.78, 5) is 0. The molecule has 1 aromatic rings. The van der Waals surface area contributed by atoms with Crippen molar-refractivity contribution in [3.8, 4) is 0 Å². The van der Waals surface area contributed by atoms with Gasteiger partial charge in [-0.05, 0) is 12.1 Å². The van der Waals surface area contributed by atoms with Crippen molar-refractivity contribution in [2.75, 3.05) is 0 Å². The summed E-state index contributed by atoms with van der Waals surface area (Å²) >= 11 is 11.1. The monoisotopic (exact) mass is 272 g/mol. The molecule has 1 rings (SSSR count). The second-order valence-electron chi connectivity index (χ2n) is 2.77. The SMILES string of the molecule is NC(=NO)c1c(C(F)(F)F)ccc(Cl)c1Cl. The highest BCUT2D eigenvalue weighted by atomic mass is 35.5. The van der Waals surface area contributed by atoms with Crippen molar-refractivity contribution in [2.45, 2.75) is 6.18 Å². The second-order valence-corrected chi connectivity index (χ2v) is 3.55. The minimum Gasteiger partial charge on any atom is -0.409 e. The summed E-state index contributed by atoms with van der Waals surface area (Å²) in [6.07, 6.45) is -4.67. The molecule has 3 N–H and O–H groups in total. The first-order chi connectivity index (χ1) is 7.29. The van der Waals surface area contributed by atoms with Gasteiger partial charge >= 0.3 is 6.18 Å². The van der Waals surface area contributed by atoms with E-state index in [0.29, 0.717) is 6.07 Å². The Hall–Kier alpha value is -1.14. The Morgan fingerprint density at radius 1 is 1.31 bits per heavy atom.